The predicted molar refractivity (Wildman–Crippen MR) is 68.0 cm³/mol. The van der Waals surface area contributed by atoms with Crippen molar-refractivity contribution in [3.63, 3.8) is 0 Å². The lowest BCUT2D eigenvalue weighted by molar-refractivity contribution is 0.0661. The molecule has 0 aliphatic heterocycles. The minimum absolute atomic E-state index is 0.0248. The maximum atomic E-state index is 12.2. The van der Waals surface area contributed by atoms with Gasteiger partial charge in [0.1, 0.15) is 4.90 Å². The number of aromatic carboxylic acids is 1. The summed E-state index contributed by atoms with van der Waals surface area (Å²) in [4.78, 5) is 10.5. The Morgan fingerprint density at radius 3 is 2.68 bits per heavy atom. The predicted octanol–water partition coefficient (Wildman–Crippen LogP) is 1.66. The van der Waals surface area contributed by atoms with Crippen LogP contribution in [0.5, 0.6) is 0 Å². The summed E-state index contributed by atoms with van der Waals surface area (Å²) in [7, 11) is -2.61. The van der Waals surface area contributed by atoms with Gasteiger partial charge in [-0.05, 0) is 22.9 Å². The number of nitriles is 1. The molecule has 1 atom stereocenters. The first kappa shape index (κ1) is 15.7. The average Bonchev–Trinajstić information content (AvgIpc) is 2.71. The molecule has 1 heterocycles. The molecule has 0 aromatic carbocycles. The minimum Gasteiger partial charge on any atom is -0.475 e. The molecule has 0 bridgehead atoms. The van der Waals surface area contributed by atoms with Gasteiger partial charge in [0.05, 0.1) is 12.5 Å². The van der Waals surface area contributed by atoms with Crippen molar-refractivity contribution >= 4 is 31.9 Å². The Bertz CT molecular complexity index is 631. The number of hydrogen-bond donors (Lipinski definition) is 1. The number of rotatable bonds is 5. The number of hydrogen-bond acceptors (Lipinski definition) is 5. The summed E-state index contributed by atoms with van der Waals surface area (Å²) in [6.07, 6.45) is 0.0248. The van der Waals surface area contributed by atoms with Gasteiger partial charge in [0.2, 0.25) is 15.8 Å². The van der Waals surface area contributed by atoms with Crippen LogP contribution in [-0.4, -0.2) is 36.9 Å². The first-order valence-corrected chi connectivity index (χ1v) is 7.32. The Hall–Kier alpha value is -1.37. The Morgan fingerprint density at radius 1 is 1.68 bits per heavy atom. The standard InChI is InChI=1S/C10H11BrN2O5S/c1-6(3-4-12)13(2)19(16,17)8-5-7(10(14)15)18-9(8)11/h5-6H,3H2,1-2H3,(H,14,15). The van der Waals surface area contributed by atoms with E-state index in [1.165, 1.54) is 7.05 Å². The van der Waals surface area contributed by atoms with Crippen LogP contribution in [-0.2, 0) is 10.0 Å². The first-order chi connectivity index (χ1) is 8.71. The molecule has 0 saturated heterocycles. The maximum absolute atomic E-state index is 12.2. The van der Waals surface area contributed by atoms with Crippen molar-refractivity contribution in [1.82, 2.24) is 4.31 Å². The van der Waals surface area contributed by atoms with Gasteiger partial charge in [-0.25, -0.2) is 13.2 Å². The van der Waals surface area contributed by atoms with Crippen LogP contribution in [0.15, 0.2) is 20.0 Å². The van der Waals surface area contributed by atoms with Crippen molar-refractivity contribution in [3.05, 3.63) is 16.5 Å². The number of carbonyl (C=O) groups is 1. The SMILES string of the molecule is CC(CC#N)N(C)S(=O)(=O)c1cc(C(=O)O)oc1Br. The molecule has 0 saturated carbocycles. The van der Waals surface area contributed by atoms with E-state index in [0.717, 1.165) is 10.4 Å². The Morgan fingerprint density at radius 2 is 2.26 bits per heavy atom. The molecule has 1 aromatic heterocycles. The van der Waals surface area contributed by atoms with Crippen LogP contribution in [0.3, 0.4) is 0 Å². The van der Waals surface area contributed by atoms with Crippen LogP contribution < -0.4 is 0 Å². The normalized spacial score (nSPS) is 13.2. The molecular weight excluding hydrogens is 340 g/mol. The molecule has 0 fully saturated rings. The lowest BCUT2D eigenvalue weighted by Crippen LogP contribution is -2.34. The summed E-state index contributed by atoms with van der Waals surface area (Å²) < 4.78 is 30.1. The van der Waals surface area contributed by atoms with Gasteiger partial charge in [-0.15, -0.1) is 0 Å². The third-order valence-electron chi connectivity index (χ3n) is 2.53. The monoisotopic (exact) mass is 350 g/mol. The summed E-state index contributed by atoms with van der Waals surface area (Å²) in [6, 6.07) is 2.27. The van der Waals surface area contributed by atoms with E-state index in [1.807, 2.05) is 6.07 Å². The molecule has 0 aliphatic rings. The van der Waals surface area contributed by atoms with Crippen LogP contribution in [0.1, 0.15) is 23.9 Å². The van der Waals surface area contributed by atoms with E-state index in [-0.39, 0.29) is 16.0 Å². The number of nitrogens with zero attached hydrogens (tertiary/aromatic N) is 2. The average molecular weight is 351 g/mol. The van der Waals surface area contributed by atoms with E-state index < -0.39 is 27.8 Å². The quantitative estimate of drug-likeness (QED) is 0.864. The van der Waals surface area contributed by atoms with Gasteiger partial charge >= 0.3 is 5.97 Å². The molecule has 1 aromatic rings. The number of halogens is 1. The highest BCUT2D eigenvalue weighted by Crippen LogP contribution is 2.29. The molecule has 0 amide bonds. The molecule has 0 spiro atoms. The number of furan rings is 1. The molecule has 9 heteroatoms. The zero-order valence-corrected chi connectivity index (χ0v) is 12.5. The maximum Gasteiger partial charge on any atom is 0.371 e. The zero-order valence-electron chi connectivity index (χ0n) is 10.1. The highest BCUT2D eigenvalue weighted by Gasteiger charge is 2.31. The number of sulfonamides is 1. The van der Waals surface area contributed by atoms with Gasteiger partial charge < -0.3 is 9.52 Å². The molecule has 0 radical (unpaired) electrons. The van der Waals surface area contributed by atoms with E-state index >= 15 is 0 Å². The van der Waals surface area contributed by atoms with Crippen molar-refractivity contribution in [2.45, 2.75) is 24.3 Å². The fourth-order valence-electron chi connectivity index (χ4n) is 1.29. The van der Waals surface area contributed by atoms with E-state index in [9.17, 15) is 13.2 Å². The number of carboxylic acid groups (broad SMARTS) is 1. The van der Waals surface area contributed by atoms with Crippen LogP contribution in [0.25, 0.3) is 0 Å². The Kier molecular flexibility index (Phi) is 4.73. The fraction of sp³-hybridized carbons (Fsp3) is 0.400. The second-order valence-corrected chi connectivity index (χ2v) is 6.47. The van der Waals surface area contributed by atoms with Gasteiger partial charge in [-0.3, -0.25) is 0 Å². The lowest BCUT2D eigenvalue weighted by atomic mass is 10.3. The molecule has 1 rings (SSSR count). The van der Waals surface area contributed by atoms with Crippen LogP contribution in [0.4, 0.5) is 0 Å². The summed E-state index contributed by atoms with van der Waals surface area (Å²) in [5.74, 6) is -1.85. The van der Waals surface area contributed by atoms with Crippen molar-refractivity contribution in [3.8, 4) is 6.07 Å². The van der Waals surface area contributed by atoms with Crippen LogP contribution in [0, 0.1) is 11.3 Å². The van der Waals surface area contributed by atoms with Crippen LogP contribution >= 0.6 is 15.9 Å². The largest absolute Gasteiger partial charge is 0.475 e. The topological polar surface area (TPSA) is 112 Å². The van der Waals surface area contributed by atoms with Crippen molar-refractivity contribution in [1.29, 1.82) is 5.26 Å². The Labute approximate surface area is 118 Å². The van der Waals surface area contributed by atoms with E-state index in [2.05, 4.69) is 15.9 Å². The molecule has 7 nitrogen and oxygen atoms in total. The summed E-state index contributed by atoms with van der Waals surface area (Å²) in [5, 5.41) is 17.3. The van der Waals surface area contributed by atoms with Crippen molar-refractivity contribution in [2.24, 2.45) is 0 Å². The van der Waals surface area contributed by atoms with E-state index in [4.69, 9.17) is 14.8 Å². The fourth-order valence-corrected chi connectivity index (χ4v) is 3.55. The number of carboxylic acids is 1. The van der Waals surface area contributed by atoms with Gasteiger partial charge in [0, 0.05) is 19.2 Å². The molecular formula is C10H11BrN2O5S. The highest BCUT2D eigenvalue weighted by atomic mass is 79.9. The molecule has 0 aliphatic carbocycles. The molecule has 19 heavy (non-hydrogen) atoms. The molecule has 1 unspecified atom stereocenters. The first-order valence-electron chi connectivity index (χ1n) is 5.09. The van der Waals surface area contributed by atoms with Crippen LogP contribution in [0.2, 0.25) is 0 Å². The summed E-state index contributed by atoms with van der Waals surface area (Å²) in [5.41, 5.74) is 0. The van der Waals surface area contributed by atoms with Crippen molar-refractivity contribution < 1.29 is 22.7 Å². The second kappa shape index (κ2) is 5.73. The molecule has 1 N–H and O–H groups in total. The van der Waals surface area contributed by atoms with Gasteiger partial charge in [-0.1, -0.05) is 0 Å². The second-order valence-electron chi connectivity index (χ2n) is 3.79. The van der Waals surface area contributed by atoms with Gasteiger partial charge in [-0.2, -0.15) is 9.57 Å². The van der Waals surface area contributed by atoms with E-state index in [1.54, 1.807) is 6.92 Å². The smallest absolute Gasteiger partial charge is 0.371 e. The van der Waals surface area contributed by atoms with Gasteiger partial charge in [0.25, 0.3) is 0 Å². The summed E-state index contributed by atoms with van der Waals surface area (Å²) in [6.45, 7) is 1.58. The minimum atomic E-state index is -3.93. The Balaban J connectivity index is 3.21. The highest BCUT2D eigenvalue weighted by molar-refractivity contribution is 9.10. The summed E-state index contributed by atoms with van der Waals surface area (Å²) >= 11 is 2.88. The third-order valence-corrected chi connectivity index (χ3v) is 5.36. The van der Waals surface area contributed by atoms with E-state index in [0.29, 0.717) is 0 Å². The third kappa shape index (κ3) is 3.15. The lowest BCUT2D eigenvalue weighted by Gasteiger charge is -2.21. The molecule has 104 valence electrons. The van der Waals surface area contributed by atoms with Crippen molar-refractivity contribution in [2.75, 3.05) is 7.05 Å². The van der Waals surface area contributed by atoms with Gasteiger partial charge in [0.15, 0.2) is 4.67 Å². The zero-order chi connectivity index (χ0) is 14.8.